The van der Waals surface area contributed by atoms with Crippen LogP contribution >= 0.6 is 0 Å². The Bertz CT molecular complexity index is 498. The number of rotatable bonds is 5. The van der Waals surface area contributed by atoms with Crippen molar-refractivity contribution in [1.29, 1.82) is 0 Å². The molecule has 1 unspecified atom stereocenters. The van der Waals surface area contributed by atoms with Gasteiger partial charge < -0.3 is 10.3 Å². The van der Waals surface area contributed by atoms with Crippen LogP contribution in [0.2, 0.25) is 0 Å². The normalized spacial score (nSPS) is 13.2. The molecule has 0 aliphatic rings. The van der Waals surface area contributed by atoms with Crippen LogP contribution < -0.4 is 5.73 Å². The number of nitrogens with zero attached hydrogens (tertiary/aromatic N) is 5. The van der Waals surface area contributed by atoms with Gasteiger partial charge in [0.05, 0.1) is 42.7 Å². The molecule has 2 aromatic rings. The largest absolute Gasteiger partial charge is 0.330 e. The van der Waals surface area contributed by atoms with Crippen molar-refractivity contribution in [2.45, 2.75) is 45.8 Å². The van der Waals surface area contributed by atoms with E-state index in [0.29, 0.717) is 12.6 Å². The van der Waals surface area contributed by atoms with E-state index in [9.17, 15) is 0 Å². The van der Waals surface area contributed by atoms with Gasteiger partial charge in [-0.05, 0) is 20.3 Å². The van der Waals surface area contributed by atoms with Crippen LogP contribution in [0, 0.1) is 0 Å². The van der Waals surface area contributed by atoms with Gasteiger partial charge in [-0.3, -0.25) is 0 Å². The number of nitrogens with two attached hydrogens (primary N) is 1. The van der Waals surface area contributed by atoms with E-state index in [2.05, 4.69) is 33.7 Å². The predicted molar refractivity (Wildman–Crippen MR) is 69.0 cm³/mol. The fraction of sp³-hybridized carbons (Fsp3) is 0.583. The molecule has 0 radical (unpaired) electrons. The Morgan fingerprint density at radius 3 is 2.83 bits per heavy atom. The Hall–Kier alpha value is -1.69. The second kappa shape index (κ2) is 5.30. The van der Waals surface area contributed by atoms with Gasteiger partial charge in [-0.25, -0.2) is 9.67 Å². The molecule has 2 rings (SSSR count). The van der Waals surface area contributed by atoms with Crippen LogP contribution in [0.3, 0.4) is 0 Å². The highest BCUT2D eigenvalue weighted by atomic mass is 15.4. The SMILES string of the molecule is CCC(N)c1cn(Cc2cncn2C(C)C)nn1. The van der Waals surface area contributed by atoms with Crippen LogP contribution in [0.1, 0.15) is 50.7 Å². The zero-order chi connectivity index (χ0) is 13.1. The fourth-order valence-corrected chi connectivity index (χ4v) is 1.86. The topological polar surface area (TPSA) is 74.6 Å². The lowest BCUT2D eigenvalue weighted by atomic mass is 10.2. The zero-order valence-electron chi connectivity index (χ0n) is 11.1. The molecule has 0 amide bonds. The van der Waals surface area contributed by atoms with Gasteiger partial charge in [0.2, 0.25) is 0 Å². The van der Waals surface area contributed by atoms with Gasteiger partial charge in [-0.1, -0.05) is 12.1 Å². The van der Waals surface area contributed by atoms with Crippen molar-refractivity contribution < 1.29 is 0 Å². The molecule has 0 saturated heterocycles. The van der Waals surface area contributed by atoms with E-state index < -0.39 is 0 Å². The fourth-order valence-electron chi connectivity index (χ4n) is 1.86. The van der Waals surface area contributed by atoms with Gasteiger partial charge in [0.1, 0.15) is 0 Å². The van der Waals surface area contributed by atoms with E-state index in [-0.39, 0.29) is 6.04 Å². The Balaban J connectivity index is 2.14. The standard InChI is InChI=1S/C12H20N6/c1-4-11(13)12-7-17(16-15-12)6-10-5-14-8-18(10)9(2)3/h5,7-9,11H,4,6,13H2,1-3H3. The van der Waals surface area contributed by atoms with Gasteiger partial charge in [0.15, 0.2) is 0 Å². The molecule has 0 bridgehead atoms. The first-order valence-corrected chi connectivity index (χ1v) is 6.28. The van der Waals surface area contributed by atoms with Crippen LogP contribution in [-0.2, 0) is 6.54 Å². The summed E-state index contributed by atoms with van der Waals surface area (Å²) in [6.07, 6.45) is 6.48. The lowest BCUT2D eigenvalue weighted by Crippen LogP contribution is -2.10. The van der Waals surface area contributed by atoms with E-state index >= 15 is 0 Å². The summed E-state index contributed by atoms with van der Waals surface area (Å²) in [5.74, 6) is 0. The minimum atomic E-state index is -0.0336. The van der Waals surface area contributed by atoms with E-state index in [1.165, 1.54) is 0 Å². The summed E-state index contributed by atoms with van der Waals surface area (Å²) in [6, 6.07) is 0.358. The van der Waals surface area contributed by atoms with E-state index in [1.807, 2.05) is 25.6 Å². The summed E-state index contributed by atoms with van der Waals surface area (Å²) < 4.78 is 3.93. The maximum Gasteiger partial charge on any atom is 0.0994 e. The highest BCUT2D eigenvalue weighted by Crippen LogP contribution is 2.12. The van der Waals surface area contributed by atoms with Crippen LogP contribution in [-0.4, -0.2) is 24.5 Å². The molecule has 0 spiro atoms. The molecule has 0 aliphatic heterocycles. The predicted octanol–water partition coefficient (Wildman–Crippen LogP) is 1.51. The summed E-state index contributed by atoms with van der Waals surface area (Å²) in [5.41, 5.74) is 7.88. The zero-order valence-corrected chi connectivity index (χ0v) is 11.1. The molecule has 0 fully saturated rings. The van der Waals surface area contributed by atoms with Crippen molar-refractivity contribution in [3.63, 3.8) is 0 Å². The average molecular weight is 248 g/mol. The Labute approximate surface area is 107 Å². The summed E-state index contributed by atoms with van der Waals surface area (Å²) in [4.78, 5) is 4.17. The number of aromatic nitrogens is 5. The van der Waals surface area contributed by atoms with Crippen molar-refractivity contribution in [2.24, 2.45) is 5.73 Å². The summed E-state index contributed by atoms with van der Waals surface area (Å²) in [6.45, 7) is 6.97. The maximum absolute atomic E-state index is 5.93. The van der Waals surface area contributed by atoms with Crippen LogP contribution in [0.25, 0.3) is 0 Å². The third-order valence-electron chi connectivity index (χ3n) is 3.00. The van der Waals surface area contributed by atoms with Gasteiger partial charge >= 0.3 is 0 Å². The number of hydrogen-bond acceptors (Lipinski definition) is 4. The maximum atomic E-state index is 5.93. The molecule has 0 aliphatic carbocycles. The summed E-state index contributed by atoms with van der Waals surface area (Å²) >= 11 is 0. The first-order chi connectivity index (χ1) is 8.61. The van der Waals surface area contributed by atoms with Gasteiger partial charge in [0.25, 0.3) is 0 Å². The van der Waals surface area contributed by atoms with Crippen molar-refractivity contribution >= 4 is 0 Å². The van der Waals surface area contributed by atoms with Gasteiger partial charge in [0, 0.05) is 6.04 Å². The molecule has 6 heteroatoms. The molecular formula is C12H20N6. The third-order valence-corrected chi connectivity index (χ3v) is 3.00. The molecule has 0 saturated carbocycles. The van der Waals surface area contributed by atoms with E-state index in [1.54, 1.807) is 4.68 Å². The molecule has 2 heterocycles. The Morgan fingerprint density at radius 2 is 2.17 bits per heavy atom. The lowest BCUT2D eigenvalue weighted by molar-refractivity contribution is 0.541. The lowest BCUT2D eigenvalue weighted by Gasteiger charge is -2.11. The minimum Gasteiger partial charge on any atom is -0.330 e. The second-order valence-electron chi connectivity index (χ2n) is 4.74. The smallest absolute Gasteiger partial charge is 0.0994 e. The van der Waals surface area contributed by atoms with Crippen molar-refractivity contribution in [1.82, 2.24) is 24.5 Å². The van der Waals surface area contributed by atoms with Crippen LogP contribution in [0.5, 0.6) is 0 Å². The summed E-state index contributed by atoms with van der Waals surface area (Å²) in [7, 11) is 0. The highest BCUT2D eigenvalue weighted by molar-refractivity contribution is 5.03. The van der Waals surface area contributed by atoms with Crippen LogP contribution in [0.4, 0.5) is 0 Å². The van der Waals surface area contributed by atoms with Crippen molar-refractivity contribution in [3.05, 3.63) is 30.1 Å². The quantitative estimate of drug-likeness (QED) is 0.870. The molecule has 98 valence electrons. The molecule has 0 aromatic carbocycles. The first kappa shape index (κ1) is 12.8. The minimum absolute atomic E-state index is 0.0336. The van der Waals surface area contributed by atoms with Crippen LogP contribution in [0.15, 0.2) is 18.7 Å². The third kappa shape index (κ3) is 2.59. The molecule has 2 aromatic heterocycles. The molecule has 6 nitrogen and oxygen atoms in total. The Kier molecular flexibility index (Phi) is 3.76. The molecular weight excluding hydrogens is 228 g/mol. The molecule has 18 heavy (non-hydrogen) atoms. The van der Waals surface area contributed by atoms with E-state index in [0.717, 1.165) is 17.8 Å². The number of imidazole rings is 1. The van der Waals surface area contributed by atoms with Crippen molar-refractivity contribution in [3.8, 4) is 0 Å². The summed E-state index contributed by atoms with van der Waals surface area (Å²) in [5, 5.41) is 8.21. The molecule has 2 N–H and O–H groups in total. The first-order valence-electron chi connectivity index (χ1n) is 6.28. The van der Waals surface area contributed by atoms with Gasteiger partial charge in [-0.2, -0.15) is 0 Å². The second-order valence-corrected chi connectivity index (χ2v) is 4.74. The molecule has 1 atom stereocenters. The van der Waals surface area contributed by atoms with E-state index in [4.69, 9.17) is 5.73 Å². The average Bonchev–Trinajstić information content (AvgIpc) is 2.97. The highest BCUT2D eigenvalue weighted by Gasteiger charge is 2.10. The monoisotopic (exact) mass is 248 g/mol. The number of hydrogen-bond donors (Lipinski definition) is 1. The Morgan fingerprint density at radius 1 is 1.39 bits per heavy atom. The van der Waals surface area contributed by atoms with Crippen molar-refractivity contribution in [2.75, 3.05) is 0 Å². The van der Waals surface area contributed by atoms with Gasteiger partial charge in [-0.15, -0.1) is 5.10 Å².